The van der Waals surface area contributed by atoms with E-state index in [-0.39, 0.29) is 99.4 Å². The maximum atomic E-state index is 12.6. The molecule has 0 unspecified atom stereocenters. The molecule has 0 fully saturated rings. The molecule has 0 amide bonds. The molecular formula is C17H9N2Na3O10S2. The van der Waals surface area contributed by atoms with Crippen LogP contribution in [0.2, 0.25) is 0 Å². The Morgan fingerprint density at radius 1 is 0.765 bits per heavy atom. The molecule has 12 nitrogen and oxygen atoms in total. The van der Waals surface area contributed by atoms with Crippen LogP contribution >= 0.6 is 0 Å². The molecule has 0 saturated carbocycles. The second-order valence-corrected chi connectivity index (χ2v) is 8.84. The Bertz CT molecular complexity index is 1490. The molecule has 3 aromatic rings. The SMILES string of the molecule is O=C([O-])c1cc(S(=O)(=O)O)cc(N=Nc2cc(S(=O)(=O)O)c3ccccc3c2[O-])c1[O-].[Na+].[Na+].[Na+]. The van der Waals surface area contributed by atoms with Gasteiger partial charge in [0.25, 0.3) is 20.2 Å². The number of carbonyl (C=O) groups excluding carboxylic acids is 1. The van der Waals surface area contributed by atoms with Crippen molar-refractivity contribution in [2.75, 3.05) is 0 Å². The van der Waals surface area contributed by atoms with Crippen molar-refractivity contribution in [2.45, 2.75) is 9.79 Å². The summed E-state index contributed by atoms with van der Waals surface area (Å²) in [5, 5.41) is 42.3. The number of benzene rings is 3. The van der Waals surface area contributed by atoms with E-state index in [1.165, 1.54) is 24.3 Å². The molecule has 0 aromatic heterocycles. The standard InChI is InChI=1S/C17H12N2O10S2.3Na/c20-15-10-4-2-1-3-9(10)14(31(27,28)29)7-13(15)19-18-12-6-8(30(24,25)26)5-11(16(12)21)17(22)23;;;/h1-7,20-21H,(H,22,23)(H,24,25,26)(H,27,28,29);;;/q;3*+1/p-3. The fourth-order valence-corrected chi connectivity index (χ4v) is 3.90. The number of carboxylic acid groups (broad SMARTS) is 1. The predicted molar refractivity (Wildman–Crippen MR) is 97.4 cm³/mol. The summed E-state index contributed by atoms with van der Waals surface area (Å²) in [4.78, 5) is 9.40. The number of hydrogen-bond acceptors (Lipinski definition) is 10. The Morgan fingerprint density at radius 3 is 1.74 bits per heavy atom. The normalized spacial score (nSPS) is 11.4. The first-order valence-electron chi connectivity index (χ1n) is 7.96. The van der Waals surface area contributed by atoms with Crippen molar-refractivity contribution in [1.29, 1.82) is 0 Å². The van der Waals surface area contributed by atoms with E-state index >= 15 is 0 Å². The third kappa shape index (κ3) is 7.22. The quantitative estimate of drug-likeness (QED) is 0.179. The van der Waals surface area contributed by atoms with E-state index in [0.29, 0.717) is 18.2 Å². The van der Waals surface area contributed by atoms with Crippen molar-refractivity contribution in [1.82, 2.24) is 0 Å². The molecule has 0 atom stereocenters. The molecule has 2 N–H and O–H groups in total. The number of carbonyl (C=O) groups is 1. The second-order valence-electron chi connectivity index (χ2n) is 6.03. The largest absolute Gasteiger partial charge is 1.00 e. The van der Waals surface area contributed by atoms with Crippen molar-refractivity contribution >= 4 is 48.4 Å². The van der Waals surface area contributed by atoms with Crippen LogP contribution in [0.25, 0.3) is 10.8 Å². The molecule has 0 spiro atoms. The Kier molecular flexibility index (Phi) is 12.4. The molecule has 0 aliphatic rings. The Balaban J connectivity index is 0.00000363. The van der Waals surface area contributed by atoms with Gasteiger partial charge in [-0.15, -0.1) is 0 Å². The van der Waals surface area contributed by atoms with Gasteiger partial charge < -0.3 is 20.1 Å². The average molecular weight is 534 g/mol. The van der Waals surface area contributed by atoms with E-state index in [9.17, 15) is 41.5 Å². The van der Waals surface area contributed by atoms with E-state index < -0.39 is 64.4 Å². The van der Waals surface area contributed by atoms with Crippen LogP contribution in [0.4, 0.5) is 11.4 Å². The maximum absolute atomic E-state index is 12.6. The molecule has 0 saturated heterocycles. The number of hydrogen-bond donors (Lipinski definition) is 2. The molecular weight excluding hydrogens is 525 g/mol. The minimum Gasteiger partial charge on any atom is -0.871 e. The summed E-state index contributed by atoms with van der Waals surface area (Å²) in [7, 11) is -9.75. The molecule has 0 aliphatic carbocycles. The van der Waals surface area contributed by atoms with E-state index in [1.807, 2.05) is 0 Å². The van der Waals surface area contributed by atoms with Gasteiger partial charge in [0.1, 0.15) is 4.90 Å². The number of nitrogens with zero attached hydrogens (tertiary/aromatic N) is 2. The molecule has 34 heavy (non-hydrogen) atoms. The van der Waals surface area contributed by atoms with Gasteiger partial charge in [0, 0.05) is 5.39 Å². The van der Waals surface area contributed by atoms with Gasteiger partial charge in [-0.25, -0.2) is 0 Å². The topological polar surface area (TPSA) is 220 Å². The van der Waals surface area contributed by atoms with Gasteiger partial charge in [0.2, 0.25) is 0 Å². The van der Waals surface area contributed by atoms with Crippen molar-refractivity contribution in [3.8, 4) is 11.5 Å². The van der Waals surface area contributed by atoms with E-state index in [4.69, 9.17) is 4.55 Å². The zero-order valence-electron chi connectivity index (χ0n) is 17.9. The number of fused-ring (bicyclic) bond motifs is 1. The summed E-state index contributed by atoms with van der Waals surface area (Å²) >= 11 is 0. The molecule has 3 aromatic carbocycles. The Labute approximate surface area is 259 Å². The number of carboxylic acids is 1. The van der Waals surface area contributed by atoms with Gasteiger partial charge in [0.15, 0.2) is 0 Å². The van der Waals surface area contributed by atoms with Crippen LogP contribution in [0.1, 0.15) is 10.4 Å². The summed E-state index contributed by atoms with van der Waals surface area (Å²) in [6.07, 6.45) is 0. The molecule has 0 radical (unpaired) electrons. The number of azo groups is 1. The summed E-state index contributed by atoms with van der Waals surface area (Å²) in [6, 6.07) is 6.88. The molecule has 0 aliphatic heterocycles. The first kappa shape index (κ1) is 33.4. The van der Waals surface area contributed by atoms with E-state index in [1.54, 1.807) is 0 Å². The predicted octanol–water partition coefficient (Wildman–Crippen LogP) is -8.73. The van der Waals surface area contributed by atoms with Gasteiger partial charge in [-0.2, -0.15) is 27.1 Å². The van der Waals surface area contributed by atoms with E-state index in [2.05, 4.69) is 10.2 Å². The van der Waals surface area contributed by atoms with Crippen molar-refractivity contribution in [3.05, 3.63) is 48.0 Å². The summed E-state index contributed by atoms with van der Waals surface area (Å²) in [5.41, 5.74) is -2.70. The Hall–Kier alpha value is -0.590. The zero-order valence-corrected chi connectivity index (χ0v) is 25.5. The first-order chi connectivity index (χ1) is 14.3. The van der Waals surface area contributed by atoms with Crippen molar-refractivity contribution in [3.63, 3.8) is 0 Å². The van der Waals surface area contributed by atoms with Gasteiger partial charge in [0.05, 0.1) is 22.2 Å². The fourth-order valence-electron chi connectivity index (χ4n) is 2.66. The smallest absolute Gasteiger partial charge is 0.871 e. The molecule has 0 heterocycles. The maximum Gasteiger partial charge on any atom is 1.00 e. The molecule has 0 bridgehead atoms. The third-order valence-corrected chi connectivity index (χ3v) is 5.77. The van der Waals surface area contributed by atoms with Gasteiger partial charge in [-0.1, -0.05) is 35.8 Å². The first-order valence-corrected chi connectivity index (χ1v) is 10.8. The van der Waals surface area contributed by atoms with Crippen LogP contribution in [-0.2, 0) is 20.2 Å². The minimum absolute atomic E-state index is 0. The van der Waals surface area contributed by atoms with Crippen LogP contribution in [0.3, 0.4) is 0 Å². The van der Waals surface area contributed by atoms with Crippen LogP contribution in [0.15, 0.2) is 62.5 Å². The van der Waals surface area contributed by atoms with Crippen LogP contribution in [-0.4, -0.2) is 31.9 Å². The number of aromatic carboxylic acids is 1. The summed E-state index contributed by atoms with van der Waals surface area (Å²) < 4.78 is 64.6. The van der Waals surface area contributed by atoms with Crippen molar-refractivity contribution < 1.29 is 135 Å². The van der Waals surface area contributed by atoms with Crippen molar-refractivity contribution in [2.24, 2.45) is 10.2 Å². The zero-order chi connectivity index (χ0) is 23.1. The third-order valence-electron chi connectivity index (χ3n) is 4.04. The molecule has 3 rings (SSSR count). The molecule has 162 valence electrons. The average Bonchev–Trinajstić information content (AvgIpc) is 2.66. The fraction of sp³-hybridized carbons (Fsp3) is 0. The Morgan fingerprint density at radius 2 is 1.26 bits per heavy atom. The monoisotopic (exact) mass is 534 g/mol. The second kappa shape index (κ2) is 12.6. The van der Waals surface area contributed by atoms with Gasteiger partial charge in [-0.3, -0.25) is 9.11 Å². The van der Waals surface area contributed by atoms with Gasteiger partial charge in [-0.05, 0) is 29.1 Å². The summed E-state index contributed by atoms with van der Waals surface area (Å²) in [6.45, 7) is 0. The number of rotatable bonds is 5. The molecule has 17 heteroatoms. The van der Waals surface area contributed by atoms with E-state index in [0.717, 1.165) is 0 Å². The van der Waals surface area contributed by atoms with Crippen LogP contribution in [0, 0.1) is 0 Å². The van der Waals surface area contributed by atoms with Crippen LogP contribution < -0.4 is 104 Å². The van der Waals surface area contributed by atoms with Crippen LogP contribution in [0.5, 0.6) is 11.5 Å². The summed E-state index contributed by atoms with van der Waals surface area (Å²) in [5.74, 6) is -4.24. The minimum atomic E-state index is -4.95. The van der Waals surface area contributed by atoms with Gasteiger partial charge >= 0.3 is 88.7 Å².